The average molecular weight is 1410 g/mol. The number of aliphatic hydroxyl groups is 1. The van der Waals surface area contributed by atoms with Gasteiger partial charge >= 0.3 is 39.5 Å². The Bertz CT molecular complexity index is 1840. The number of carbonyl (C=O) groups is 4. The molecule has 0 fully saturated rings. The fourth-order valence-electron chi connectivity index (χ4n) is 11.9. The molecule has 0 rings (SSSR count). The van der Waals surface area contributed by atoms with Crippen molar-refractivity contribution in [2.45, 2.75) is 425 Å². The minimum absolute atomic E-state index is 0.105. The number of carbonyl (C=O) groups excluding carboxylic acids is 4. The first-order valence-corrected chi connectivity index (χ1v) is 43.1. The molecule has 0 spiro atoms. The first-order chi connectivity index (χ1) is 46.5. The Balaban J connectivity index is 5.17. The van der Waals surface area contributed by atoms with Crippen molar-refractivity contribution in [3.05, 3.63) is 0 Å². The van der Waals surface area contributed by atoms with E-state index in [2.05, 4.69) is 34.6 Å². The molecule has 0 aromatic heterocycles. The Hall–Kier alpha value is -1.94. The van der Waals surface area contributed by atoms with Gasteiger partial charge in [-0.05, 0) is 31.6 Å². The van der Waals surface area contributed by atoms with Gasteiger partial charge in [-0.2, -0.15) is 0 Å². The van der Waals surface area contributed by atoms with E-state index >= 15 is 0 Å². The molecule has 0 aliphatic carbocycles. The van der Waals surface area contributed by atoms with Gasteiger partial charge in [0.2, 0.25) is 0 Å². The monoisotopic (exact) mass is 1410 g/mol. The third-order valence-corrected chi connectivity index (χ3v) is 19.9. The molecule has 0 aliphatic rings. The lowest BCUT2D eigenvalue weighted by Gasteiger charge is -2.21. The molecule has 0 radical (unpaired) electrons. The van der Waals surface area contributed by atoms with E-state index in [0.29, 0.717) is 25.7 Å². The normalized spacial score (nSPS) is 13.9. The summed E-state index contributed by atoms with van der Waals surface area (Å²) in [6.07, 6.45) is 59.8. The van der Waals surface area contributed by atoms with Crippen LogP contribution < -0.4 is 0 Å². The summed E-state index contributed by atoms with van der Waals surface area (Å²) in [5.41, 5.74) is 0. The molecule has 3 N–H and O–H groups in total. The predicted octanol–water partition coefficient (Wildman–Crippen LogP) is 22.9. The first-order valence-electron chi connectivity index (χ1n) is 40.1. The van der Waals surface area contributed by atoms with E-state index in [1.807, 2.05) is 0 Å². The Morgan fingerprint density at radius 1 is 0.281 bits per heavy atom. The fraction of sp³-hybridized carbons (Fsp3) is 0.948. The Morgan fingerprint density at radius 2 is 0.479 bits per heavy atom. The number of phosphoric ester groups is 2. The van der Waals surface area contributed by atoms with Gasteiger partial charge in [0.15, 0.2) is 12.2 Å². The summed E-state index contributed by atoms with van der Waals surface area (Å²) in [5.74, 6) is -1.40. The quantitative estimate of drug-likeness (QED) is 0.0222. The highest BCUT2D eigenvalue weighted by Gasteiger charge is 2.30. The molecule has 0 aliphatic heterocycles. The predicted molar refractivity (Wildman–Crippen MR) is 391 cm³/mol. The molecule has 0 bridgehead atoms. The zero-order chi connectivity index (χ0) is 70.5. The molecule has 2 unspecified atom stereocenters. The first kappa shape index (κ1) is 94.1. The summed E-state index contributed by atoms with van der Waals surface area (Å²) < 4.78 is 68.5. The van der Waals surface area contributed by atoms with Crippen LogP contribution in [0.15, 0.2) is 0 Å². The minimum atomic E-state index is -4.96. The molecule has 0 aromatic rings. The zero-order valence-corrected chi connectivity index (χ0v) is 64.3. The van der Waals surface area contributed by atoms with Crippen molar-refractivity contribution in [2.75, 3.05) is 39.6 Å². The molecular formula is C77H150O17P2. The maximum Gasteiger partial charge on any atom is 0.472 e. The second kappa shape index (κ2) is 70.1. The van der Waals surface area contributed by atoms with Crippen LogP contribution in [-0.2, 0) is 65.4 Å². The van der Waals surface area contributed by atoms with Crippen LogP contribution in [0.1, 0.15) is 407 Å². The van der Waals surface area contributed by atoms with E-state index in [1.54, 1.807) is 0 Å². The van der Waals surface area contributed by atoms with E-state index in [-0.39, 0.29) is 25.7 Å². The van der Waals surface area contributed by atoms with Gasteiger partial charge in [0.1, 0.15) is 19.3 Å². The number of ether oxygens (including phenoxy) is 4. The van der Waals surface area contributed by atoms with E-state index < -0.39 is 97.5 Å². The highest BCUT2D eigenvalue weighted by atomic mass is 31.2. The van der Waals surface area contributed by atoms with Gasteiger partial charge in [-0.15, -0.1) is 0 Å². The van der Waals surface area contributed by atoms with Crippen LogP contribution in [0, 0.1) is 5.92 Å². The van der Waals surface area contributed by atoms with Crippen molar-refractivity contribution in [1.82, 2.24) is 0 Å². The van der Waals surface area contributed by atoms with Gasteiger partial charge in [0, 0.05) is 25.7 Å². The lowest BCUT2D eigenvalue weighted by Crippen LogP contribution is -2.30. The number of hydrogen-bond donors (Lipinski definition) is 3. The second-order valence-electron chi connectivity index (χ2n) is 28.2. The van der Waals surface area contributed by atoms with Gasteiger partial charge in [-0.25, -0.2) is 9.13 Å². The molecule has 5 atom stereocenters. The van der Waals surface area contributed by atoms with Crippen molar-refractivity contribution >= 4 is 39.5 Å². The van der Waals surface area contributed by atoms with Crippen molar-refractivity contribution < 1.29 is 80.2 Å². The summed E-state index contributed by atoms with van der Waals surface area (Å²) in [6.45, 7) is 7.24. The molecule has 0 aromatic carbocycles. The van der Waals surface area contributed by atoms with Gasteiger partial charge < -0.3 is 33.8 Å². The number of aliphatic hydroxyl groups excluding tert-OH is 1. The number of unbranched alkanes of at least 4 members (excludes halogenated alkanes) is 49. The van der Waals surface area contributed by atoms with Crippen molar-refractivity contribution in [3.63, 3.8) is 0 Å². The standard InChI is InChI=1S/C77H150O17P2/c1-6-9-12-15-18-21-24-26-27-28-29-30-31-32-33-34-36-38-41-47-52-57-62-76(81)93-72(66-88-75(80)61-56-51-46-40-37-35-25-22-19-16-13-10-7-2)68-91-95(83,84)89-64-71(78)65-90-96(85,86)92-69-73(67-87-74(79)60-55-50-45-39-23-20-17-14-11-8-3)94-77(82)63-58-53-48-43-42-44-49-54-59-70(4)5/h70-73,78H,6-69H2,1-5H3,(H,83,84)(H,85,86)/t71-,72-,73-/m1/s1. The van der Waals surface area contributed by atoms with Crippen LogP contribution in [0.4, 0.5) is 0 Å². The Kier molecular flexibility index (Phi) is 68.7. The number of rotatable bonds is 77. The molecular weight excluding hydrogens is 1260 g/mol. The van der Waals surface area contributed by atoms with E-state index in [4.69, 9.17) is 37.0 Å². The number of esters is 4. The highest BCUT2D eigenvalue weighted by molar-refractivity contribution is 7.47. The zero-order valence-electron chi connectivity index (χ0n) is 62.5. The summed E-state index contributed by atoms with van der Waals surface area (Å²) in [6, 6.07) is 0. The molecule has 19 heteroatoms. The number of hydrogen-bond acceptors (Lipinski definition) is 15. The summed E-state index contributed by atoms with van der Waals surface area (Å²) in [4.78, 5) is 72.8. The van der Waals surface area contributed by atoms with Crippen LogP contribution in [-0.4, -0.2) is 96.7 Å². The number of phosphoric acid groups is 2. The van der Waals surface area contributed by atoms with Gasteiger partial charge in [-0.3, -0.25) is 37.3 Å². The molecule has 0 amide bonds. The lowest BCUT2D eigenvalue weighted by molar-refractivity contribution is -0.161. The average Bonchev–Trinajstić information content (AvgIpc) is 1.14. The van der Waals surface area contributed by atoms with Crippen molar-refractivity contribution in [2.24, 2.45) is 5.92 Å². The molecule has 0 heterocycles. The smallest absolute Gasteiger partial charge is 0.462 e. The summed E-state index contributed by atoms with van der Waals surface area (Å²) in [5, 5.41) is 10.6. The van der Waals surface area contributed by atoms with Crippen LogP contribution in [0.2, 0.25) is 0 Å². The van der Waals surface area contributed by atoms with Crippen LogP contribution in [0.25, 0.3) is 0 Å². The SMILES string of the molecule is CCCCCCCCCCCCCCCCCCCCCCCCC(=O)O[C@H](COC(=O)CCCCCCCCCCCCCCC)COP(=O)(O)OC[C@@H](O)COP(=O)(O)OC[C@@H](COC(=O)CCCCCCCCCCCC)OC(=O)CCCCCCCCCCC(C)C. The lowest BCUT2D eigenvalue weighted by atomic mass is 10.0. The van der Waals surface area contributed by atoms with Crippen LogP contribution >= 0.6 is 15.6 Å². The third kappa shape index (κ3) is 70.5. The van der Waals surface area contributed by atoms with Gasteiger partial charge in [-0.1, -0.05) is 356 Å². The summed E-state index contributed by atoms with van der Waals surface area (Å²) >= 11 is 0. The van der Waals surface area contributed by atoms with E-state index in [0.717, 1.165) is 95.8 Å². The maximum atomic E-state index is 13.1. The van der Waals surface area contributed by atoms with Gasteiger partial charge in [0.05, 0.1) is 26.4 Å². The largest absolute Gasteiger partial charge is 0.472 e. The molecule has 0 saturated carbocycles. The van der Waals surface area contributed by atoms with Crippen molar-refractivity contribution in [1.29, 1.82) is 0 Å². The maximum absolute atomic E-state index is 13.1. The minimum Gasteiger partial charge on any atom is -0.462 e. The van der Waals surface area contributed by atoms with Gasteiger partial charge in [0.25, 0.3) is 0 Å². The fourth-order valence-corrected chi connectivity index (χ4v) is 13.5. The molecule has 0 saturated heterocycles. The molecule has 17 nitrogen and oxygen atoms in total. The van der Waals surface area contributed by atoms with E-state index in [1.165, 1.54) is 231 Å². The molecule has 96 heavy (non-hydrogen) atoms. The molecule has 570 valence electrons. The Morgan fingerprint density at radius 3 is 0.708 bits per heavy atom. The van der Waals surface area contributed by atoms with Crippen LogP contribution in [0.3, 0.4) is 0 Å². The topological polar surface area (TPSA) is 237 Å². The van der Waals surface area contributed by atoms with Crippen LogP contribution in [0.5, 0.6) is 0 Å². The van der Waals surface area contributed by atoms with Crippen molar-refractivity contribution in [3.8, 4) is 0 Å². The highest BCUT2D eigenvalue weighted by Crippen LogP contribution is 2.45. The second-order valence-corrected chi connectivity index (χ2v) is 31.1. The summed E-state index contributed by atoms with van der Waals surface area (Å²) in [7, 11) is -9.91. The third-order valence-electron chi connectivity index (χ3n) is 18.0. The van der Waals surface area contributed by atoms with E-state index in [9.17, 15) is 43.2 Å². The Labute approximate surface area is 588 Å².